The van der Waals surface area contributed by atoms with Crippen molar-refractivity contribution in [2.75, 3.05) is 6.66 Å². The predicted molar refractivity (Wildman–Crippen MR) is 82.7 cm³/mol. The molecule has 0 aromatic heterocycles. The van der Waals surface area contributed by atoms with Gasteiger partial charge in [-0.3, -0.25) is 0 Å². The Morgan fingerprint density at radius 1 is 0.773 bits per heavy atom. The van der Waals surface area contributed by atoms with Crippen molar-refractivity contribution in [2.24, 2.45) is 0 Å². The summed E-state index contributed by atoms with van der Waals surface area (Å²) in [5.41, 5.74) is 0. The SMILES string of the molecule is CP(c1ccccc1)c1cc(=C=O)c(=C=O)c(=C=O)c1=C=O. The monoisotopic (exact) mass is 308 g/mol. The van der Waals surface area contributed by atoms with Crippen LogP contribution >= 0.6 is 7.92 Å². The van der Waals surface area contributed by atoms with E-state index in [1.165, 1.54) is 12.0 Å². The highest BCUT2D eigenvalue weighted by Crippen LogP contribution is 2.25. The fourth-order valence-electron chi connectivity index (χ4n) is 2.12. The van der Waals surface area contributed by atoms with E-state index in [1.54, 1.807) is 17.8 Å². The summed E-state index contributed by atoms with van der Waals surface area (Å²) in [7, 11) is -1.01. The molecule has 2 aromatic carbocycles. The van der Waals surface area contributed by atoms with Crippen LogP contribution in [-0.2, 0) is 19.2 Å². The van der Waals surface area contributed by atoms with Crippen LogP contribution in [-0.4, -0.2) is 30.4 Å². The van der Waals surface area contributed by atoms with E-state index in [9.17, 15) is 19.2 Å². The van der Waals surface area contributed by atoms with E-state index >= 15 is 0 Å². The average molecular weight is 308 g/mol. The van der Waals surface area contributed by atoms with Crippen molar-refractivity contribution in [1.29, 1.82) is 0 Å². The van der Waals surface area contributed by atoms with Gasteiger partial charge in [-0.1, -0.05) is 30.3 Å². The molecule has 1 atom stereocenters. The first-order chi connectivity index (χ1) is 10.7. The van der Waals surface area contributed by atoms with Crippen LogP contribution in [0.25, 0.3) is 0 Å². The highest BCUT2D eigenvalue weighted by atomic mass is 31.1. The molecular formula is C17H9O4P. The summed E-state index contributed by atoms with van der Waals surface area (Å²) >= 11 is 0. The van der Waals surface area contributed by atoms with Crippen molar-refractivity contribution in [1.82, 2.24) is 0 Å². The topological polar surface area (TPSA) is 68.3 Å². The summed E-state index contributed by atoms with van der Waals surface area (Å²) in [5.74, 6) is 6.34. The van der Waals surface area contributed by atoms with Gasteiger partial charge >= 0.3 is 0 Å². The number of benzene rings is 2. The summed E-state index contributed by atoms with van der Waals surface area (Å²) in [5, 5.41) is 0.685. The molecule has 106 valence electrons. The maximum atomic E-state index is 11.3. The Morgan fingerprint density at radius 2 is 1.36 bits per heavy atom. The third-order valence-electron chi connectivity index (χ3n) is 3.23. The van der Waals surface area contributed by atoms with Crippen LogP contribution in [0.15, 0.2) is 36.4 Å². The lowest BCUT2D eigenvalue weighted by atomic mass is 10.2. The molecule has 0 radical (unpaired) electrons. The van der Waals surface area contributed by atoms with E-state index in [0.717, 1.165) is 5.30 Å². The summed E-state index contributed by atoms with van der Waals surface area (Å²) in [6.45, 7) is 1.88. The Bertz CT molecular complexity index is 1050. The van der Waals surface area contributed by atoms with Crippen molar-refractivity contribution < 1.29 is 19.2 Å². The maximum Gasteiger partial charge on any atom is 0.135 e. The Morgan fingerprint density at radius 3 is 1.86 bits per heavy atom. The molecule has 2 aromatic rings. The minimum Gasteiger partial charge on any atom is -0.233 e. The minimum absolute atomic E-state index is 0.0511. The van der Waals surface area contributed by atoms with E-state index in [-0.39, 0.29) is 20.9 Å². The first-order valence-corrected chi connectivity index (χ1v) is 7.99. The van der Waals surface area contributed by atoms with Crippen LogP contribution in [0.3, 0.4) is 0 Å². The molecule has 2 rings (SSSR count). The lowest BCUT2D eigenvalue weighted by Crippen LogP contribution is -2.57. The molecule has 0 spiro atoms. The van der Waals surface area contributed by atoms with Gasteiger partial charge in [0.15, 0.2) is 0 Å². The second kappa shape index (κ2) is 6.76. The normalized spacial score (nSPS) is 10.8. The fraction of sp³-hybridized carbons (Fsp3) is 0.0588. The second-order valence-corrected chi connectivity index (χ2v) is 6.49. The highest BCUT2D eigenvalue weighted by molar-refractivity contribution is 7.72. The number of rotatable bonds is 2. The van der Waals surface area contributed by atoms with Crippen molar-refractivity contribution >= 4 is 42.3 Å². The third-order valence-corrected chi connectivity index (χ3v) is 5.38. The molecule has 0 N–H and O–H groups in total. The third kappa shape index (κ3) is 2.66. The van der Waals surface area contributed by atoms with Gasteiger partial charge in [-0.15, -0.1) is 0 Å². The van der Waals surface area contributed by atoms with E-state index in [4.69, 9.17) is 0 Å². The van der Waals surface area contributed by atoms with Crippen LogP contribution < -0.4 is 31.5 Å². The molecule has 0 amide bonds. The van der Waals surface area contributed by atoms with Crippen LogP contribution in [0, 0.1) is 0 Å². The molecule has 4 nitrogen and oxygen atoms in total. The van der Waals surface area contributed by atoms with Crippen LogP contribution in [0.1, 0.15) is 0 Å². The van der Waals surface area contributed by atoms with Gasteiger partial charge in [-0.2, -0.15) is 0 Å². The molecular weight excluding hydrogens is 299 g/mol. The molecule has 5 heteroatoms. The summed E-state index contributed by atoms with van der Waals surface area (Å²) in [6, 6.07) is 10.7. The largest absolute Gasteiger partial charge is 0.233 e. The zero-order valence-electron chi connectivity index (χ0n) is 11.5. The first kappa shape index (κ1) is 15.6. The van der Waals surface area contributed by atoms with Gasteiger partial charge in [0, 0.05) is 5.30 Å². The molecule has 0 fully saturated rings. The Hall–Kier alpha value is -2.81. The minimum atomic E-state index is -1.01. The molecule has 22 heavy (non-hydrogen) atoms. The quantitative estimate of drug-likeness (QED) is 0.547. The van der Waals surface area contributed by atoms with Gasteiger partial charge in [-0.25, -0.2) is 19.2 Å². The highest BCUT2D eigenvalue weighted by Gasteiger charge is 2.13. The Kier molecular flexibility index (Phi) is 4.79. The fourth-order valence-corrected chi connectivity index (χ4v) is 3.83. The van der Waals surface area contributed by atoms with Crippen molar-refractivity contribution in [2.45, 2.75) is 0 Å². The molecule has 1 unspecified atom stereocenters. The molecule has 0 bridgehead atoms. The van der Waals surface area contributed by atoms with Gasteiger partial charge in [0.1, 0.15) is 23.8 Å². The lowest BCUT2D eigenvalue weighted by Gasteiger charge is -2.12. The molecule has 0 heterocycles. The molecule has 0 saturated carbocycles. The van der Waals surface area contributed by atoms with Gasteiger partial charge in [0.05, 0.1) is 20.9 Å². The zero-order chi connectivity index (χ0) is 16.1. The molecule has 0 saturated heterocycles. The van der Waals surface area contributed by atoms with Gasteiger partial charge in [-0.05, 0) is 26.0 Å². The first-order valence-electron chi connectivity index (χ1n) is 6.20. The van der Waals surface area contributed by atoms with Crippen molar-refractivity contribution in [3.8, 4) is 0 Å². The van der Waals surface area contributed by atoms with E-state index in [2.05, 4.69) is 0 Å². The molecule has 0 aliphatic carbocycles. The number of hydrogen-bond donors (Lipinski definition) is 0. The zero-order valence-corrected chi connectivity index (χ0v) is 12.4. The Balaban J connectivity index is 3.04. The van der Waals surface area contributed by atoms with E-state index < -0.39 is 7.92 Å². The number of hydrogen-bond acceptors (Lipinski definition) is 4. The summed E-state index contributed by atoms with van der Waals surface area (Å²) in [4.78, 5) is 44.4. The second-order valence-electron chi connectivity index (χ2n) is 4.37. The van der Waals surface area contributed by atoms with Crippen molar-refractivity contribution in [3.05, 3.63) is 57.3 Å². The van der Waals surface area contributed by atoms with E-state index in [0.29, 0.717) is 5.30 Å². The standard InChI is InChI=1S/C17H9O4P/c1-22(13-5-3-2-4-6-13)17-7-12(8-18)14(9-19)15(10-20)16(17)11-21/h2-7H,1H3. The van der Waals surface area contributed by atoms with Crippen molar-refractivity contribution in [3.63, 3.8) is 0 Å². The smallest absolute Gasteiger partial charge is 0.135 e. The average Bonchev–Trinajstić information content (AvgIpc) is 2.59. The van der Waals surface area contributed by atoms with Gasteiger partial charge in [0.25, 0.3) is 0 Å². The lowest BCUT2D eigenvalue weighted by molar-refractivity contribution is 0.561. The predicted octanol–water partition coefficient (Wildman–Crippen LogP) is -3.24. The van der Waals surface area contributed by atoms with Crippen LogP contribution in [0.4, 0.5) is 0 Å². The van der Waals surface area contributed by atoms with Crippen LogP contribution in [0.5, 0.6) is 0 Å². The molecule has 0 aliphatic rings. The van der Waals surface area contributed by atoms with E-state index in [1.807, 2.05) is 37.0 Å². The van der Waals surface area contributed by atoms with Gasteiger partial charge in [0.2, 0.25) is 0 Å². The molecule has 0 aliphatic heterocycles. The summed E-state index contributed by atoms with van der Waals surface area (Å²) < 4.78 is 0. The Labute approximate surface area is 126 Å². The van der Waals surface area contributed by atoms with Crippen LogP contribution in [0.2, 0.25) is 0 Å². The number of carbonyl (C=O) groups excluding carboxylic acids is 4. The van der Waals surface area contributed by atoms with Gasteiger partial charge < -0.3 is 0 Å². The maximum absolute atomic E-state index is 11.3. The summed E-state index contributed by atoms with van der Waals surface area (Å²) in [6.07, 6.45) is 0.